The first-order valence-corrected chi connectivity index (χ1v) is 12.6. The Balaban J connectivity index is 2.08. The number of nitrogens with zero attached hydrogens (tertiary/aromatic N) is 3. The standard InChI is InChI=1S/C18H27N3OS2/c1-7-9-16-10-12-17(13-11-16)14-21-15-18(19-20-21)24(5,6)22-23(3,4)8-2/h2,10-13,15H,7,9,14H2,1,3-6H3. The van der Waals surface area contributed by atoms with Gasteiger partial charge in [0.25, 0.3) is 0 Å². The number of rotatable bonds is 7. The number of hydrogen-bond donors (Lipinski definition) is 0. The molecule has 0 saturated heterocycles. The molecule has 0 N–H and O–H groups in total. The molecule has 0 radical (unpaired) electrons. The first-order chi connectivity index (χ1) is 11.3. The van der Waals surface area contributed by atoms with Gasteiger partial charge in [0.1, 0.15) is 5.03 Å². The van der Waals surface area contributed by atoms with Crippen LogP contribution in [0.1, 0.15) is 24.5 Å². The van der Waals surface area contributed by atoms with Gasteiger partial charge in [0.05, 0.1) is 12.7 Å². The summed E-state index contributed by atoms with van der Waals surface area (Å²) in [6.45, 7) is 2.90. The quantitative estimate of drug-likeness (QED) is 0.690. The Kier molecular flexibility index (Phi) is 6.02. The zero-order valence-electron chi connectivity index (χ0n) is 15.2. The first kappa shape index (κ1) is 18.9. The van der Waals surface area contributed by atoms with Crippen molar-refractivity contribution >= 4 is 20.6 Å². The van der Waals surface area contributed by atoms with Crippen molar-refractivity contribution in [1.29, 1.82) is 0 Å². The fourth-order valence-corrected chi connectivity index (χ4v) is 6.80. The highest BCUT2D eigenvalue weighted by atomic mass is 32.3. The number of aryl methyl sites for hydroxylation is 1. The summed E-state index contributed by atoms with van der Waals surface area (Å²) in [5, 5.41) is 12.2. The van der Waals surface area contributed by atoms with Crippen LogP contribution >= 0.6 is 20.6 Å². The second-order valence-electron chi connectivity index (χ2n) is 6.47. The van der Waals surface area contributed by atoms with Gasteiger partial charge >= 0.3 is 0 Å². The zero-order chi connectivity index (χ0) is 17.8. The largest absolute Gasteiger partial charge is 0.274 e. The van der Waals surface area contributed by atoms with Crippen LogP contribution in [0.2, 0.25) is 0 Å². The van der Waals surface area contributed by atoms with Crippen LogP contribution in [0.4, 0.5) is 0 Å². The van der Waals surface area contributed by atoms with Crippen LogP contribution in [0.25, 0.3) is 0 Å². The molecule has 2 aromatic rings. The van der Waals surface area contributed by atoms with Gasteiger partial charge in [0, 0.05) is 0 Å². The van der Waals surface area contributed by atoms with Gasteiger partial charge in [-0.3, -0.25) is 3.63 Å². The third-order valence-corrected chi connectivity index (χ3v) is 8.04. The summed E-state index contributed by atoms with van der Waals surface area (Å²) >= 11 is 0. The van der Waals surface area contributed by atoms with Crippen molar-refractivity contribution in [2.45, 2.75) is 31.3 Å². The fourth-order valence-electron chi connectivity index (χ4n) is 2.35. The Morgan fingerprint density at radius 2 is 1.75 bits per heavy atom. The molecule has 2 rings (SSSR count). The molecule has 1 aromatic carbocycles. The van der Waals surface area contributed by atoms with Crippen molar-refractivity contribution < 1.29 is 3.63 Å². The van der Waals surface area contributed by atoms with E-state index in [1.807, 2.05) is 23.4 Å². The van der Waals surface area contributed by atoms with E-state index in [4.69, 9.17) is 10.1 Å². The van der Waals surface area contributed by atoms with Gasteiger partial charge in [-0.15, -0.1) is 11.5 Å². The van der Waals surface area contributed by atoms with Gasteiger partial charge in [-0.25, -0.2) is 4.68 Å². The van der Waals surface area contributed by atoms with Crippen LogP contribution in [0.3, 0.4) is 0 Å². The molecular formula is C18H27N3OS2. The molecule has 24 heavy (non-hydrogen) atoms. The Morgan fingerprint density at radius 3 is 2.33 bits per heavy atom. The molecule has 6 heteroatoms. The molecular weight excluding hydrogens is 338 g/mol. The molecule has 0 aliphatic heterocycles. The molecule has 0 unspecified atom stereocenters. The molecule has 0 saturated carbocycles. The highest BCUT2D eigenvalue weighted by molar-refractivity contribution is 8.42. The lowest BCUT2D eigenvalue weighted by Gasteiger charge is -2.37. The average molecular weight is 366 g/mol. The highest BCUT2D eigenvalue weighted by Gasteiger charge is 2.25. The van der Waals surface area contributed by atoms with Crippen molar-refractivity contribution in [2.24, 2.45) is 0 Å². The number of benzene rings is 1. The minimum Gasteiger partial charge on any atom is -0.274 e. The van der Waals surface area contributed by atoms with E-state index in [2.05, 4.69) is 59.3 Å². The number of terminal acetylenes is 1. The van der Waals surface area contributed by atoms with Gasteiger partial charge < -0.3 is 0 Å². The van der Waals surface area contributed by atoms with E-state index in [0.717, 1.165) is 11.4 Å². The Morgan fingerprint density at radius 1 is 1.12 bits per heavy atom. The summed E-state index contributed by atoms with van der Waals surface area (Å²) in [4.78, 5) is 0. The smallest absolute Gasteiger partial charge is 0.144 e. The number of hydrogen-bond acceptors (Lipinski definition) is 3. The molecule has 0 bridgehead atoms. The lowest BCUT2D eigenvalue weighted by atomic mass is 10.1. The van der Waals surface area contributed by atoms with Gasteiger partial charge in [-0.2, -0.15) is 0 Å². The van der Waals surface area contributed by atoms with Crippen molar-refractivity contribution in [3.63, 3.8) is 0 Å². The van der Waals surface area contributed by atoms with Gasteiger partial charge in [-0.1, -0.05) is 63.4 Å². The summed E-state index contributed by atoms with van der Waals surface area (Å²) in [5.74, 6) is 0. The van der Waals surface area contributed by atoms with E-state index in [1.165, 1.54) is 17.5 Å². The summed E-state index contributed by atoms with van der Waals surface area (Å²) in [6, 6.07) is 8.69. The summed E-state index contributed by atoms with van der Waals surface area (Å²) in [6.07, 6.45) is 17.9. The van der Waals surface area contributed by atoms with Gasteiger partial charge in [0.2, 0.25) is 0 Å². The SMILES string of the molecule is C#CS(C)(C)OS(C)(C)c1cn(Cc2ccc(CCC)cc2)nn1. The Bertz CT molecular complexity index is 715. The maximum absolute atomic E-state index is 6.18. The Hall–Kier alpha value is -1.42. The van der Waals surface area contributed by atoms with E-state index < -0.39 is 20.6 Å². The maximum atomic E-state index is 6.18. The number of aromatic nitrogens is 3. The summed E-state index contributed by atoms with van der Waals surface area (Å²) in [5.41, 5.74) is 2.59. The van der Waals surface area contributed by atoms with Crippen LogP contribution in [-0.4, -0.2) is 40.0 Å². The summed E-state index contributed by atoms with van der Waals surface area (Å²) < 4.78 is 8.04. The lowest BCUT2D eigenvalue weighted by Crippen LogP contribution is -2.06. The minimum atomic E-state index is -1.52. The van der Waals surface area contributed by atoms with Crippen LogP contribution < -0.4 is 0 Å². The molecule has 0 spiro atoms. The molecule has 0 aliphatic rings. The third-order valence-electron chi connectivity index (χ3n) is 3.55. The van der Waals surface area contributed by atoms with Crippen molar-refractivity contribution in [2.75, 3.05) is 25.0 Å². The molecule has 1 heterocycles. The van der Waals surface area contributed by atoms with Gasteiger partial charge in [0.15, 0.2) is 0 Å². The minimum absolute atomic E-state index is 0.709. The van der Waals surface area contributed by atoms with Crippen molar-refractivity contribution in [3.05, 3.63) is 41.6 Å². The van der Waals surface area contributed by atoms with E-state index in [-0.39, 0.29) is 0 Å². The van der Waals surface area contributed by atoms with Crippen molar-refractivity contribution in [3.8, 4) is 11.7 Å². The molecule has 0 aliphatic carbocycles. The fraction of sp³-hybridized carbons (Fsp3) is 0.444. The maximum Gasteiger partial charge on any atom is 0.144 e. The van der Waals surface area contributed by atoms with E-state index in [0.29, 0.717) is 6.54 Å². The second kappa shape index (κ2) is 7.64. The van der Waals surface area contributed by atoms with Crippen LogP contribution in [-0.2, 0) is 16.6 Å². The average Bonchev–Trinajstić information content (AvgIpc) is 2.98. The van der Waals surface area contributed by atoms with E-state index in [1.54, 1.807) is 0 Å². The topological polar surface area (TPSA) is 39.9 Å². The van der Waals surface area contributed by atoms with Crippen LogP contribution in [0, 0.1) is 11.7 Å². The normalized spacial score (nSPS) is 13.5. The second-order valence-corrected chi connectivity index (χ2v) is 12.6. The molecule has 1 aromatic heterocycles. The predicted molar refractivity (Wildman–Crippen MR) is 107 cm³/mol. The molecule has 0 amide bonds. The highest BCUT2D eigenvalue weighted by Crippen LogP contribution is 2.60. The van der Waals surface area contributed by atoms with Crippen LogP contribution in [0.5, 0.6) is 0 Å². The Labute approximate surface area is 149 Å². The van der Waals surface area contributed by atoms with E-state index in [9.17, 15) is 0 Å². The first-order valence-electron chi connectivity index (χ1n) is 7.89. The molecule has 4 nitrogen and oxygen atoms in total. The van der Waals surface area contributed by atoms with Crippen molar-refractivity contribution in [1.82, 2.24) is 15.0 Å². The van der Waals surface area contributed by atoms with E-state index >= 15 is 0 Å². The molecule has 0 fully saturated rings. The van der Waals surface area contributed by atoms with Gasteiger partial charge in [-0.05, 0) is 47.8 Å². The zero-order valence-corrected chi connectivity index (χ0v) is 16.8. The predicted octanol–water partition coefficient (Wildman–Crippen LogP) is 4.20. The summed E-state index contributed by atoms with van der Waals surface area (Å²) in [7, 11) is -3.01. The lowest BCUT2D eigenvalue weighted by molar-refractivity contribution is 0.648. The van der Waals surface area contributed by atoms with Crippen LogP contribution in [0.15, 0.2) is 35.5 Å². The third kappa shape index (κ3) is 5.04. The molecule has 132 valence electrons. The molecule has 0 atom stereocenters. The monoisotopic (exact) mass is 365 g/mol.